The van der Waals surface area contributed by atoms with Crippen molar-refractivity contribution in [3.05, 3.63) is 45.4 Å². The van der Waals surface area contributed by atoms with Gasteiger partial charge in [0.2, 0.25) is 10.0 Å². The molecular formula is C21H21F3N6O4S. The number of fused-ring (bicyclic) bond motifs is 2. The van der Waals surface area contributed by atoms with Crippen LogP contribution in [0, 0.1) is 23.2 Å². The molecule has 2 aromatic rings. The quantitative estimate of drug-likeness (QED) is 0.645. The van der Waals surface area contributed by atoms with Gasteiger partial charge in [0, 0.05) is 31.0 Å². The number of hydrogen-bond acceptors (Lipinski definition) is 7. The minimum absolute atomic E-state index is 0.0586. The van der Waals surface area contributed by atoms with Crippen molar-refractivity contribution in [3.63, 3.8) is 0 Å². The van der Waals surface area contributed by atoms with Crippen molar-refractivity contribution >= 4 is 26.7 Å². The molecule has 35 heavy (non-hydrogen) atoms. The third-order valence-electron chi connectivity index (χ3n) is 6.45. The van der Waals surface area contributed by atoms with E-state index >= 15 is 0 Å². The average molecular weight is 510 g/mol. The second-order valence-corrected chi connectivity index (χ2v) is 10.7. The number of hydrogen-bond donors (Lipinski definition) is 2. The normalized spacial score (nSPS) is 26.6. The van der Waals surface area contributed by atoms with Gasteiger partial charge in [-0.15, -0.1) is 0 Å². The van der Waals surface area contributed by atoms with E-state index in [4.69, 9.17) is 4.74 Å². The first-order valence-corrected chi connectivity index (χ1v) is 12.3. The van der Waals surface area contributed by atoms with Crippen LogP contribution in [0.3, 0.4) is 0 Å². The van der Waals surface area contributed by atoms with E-state index in [-0.39, 0.29) is 41.6 Å². The monoisotopic (exact) mass is 510 g/mol. The zero-order valence-corrected chi connectivity index (χ0v) is 19.1. The van der Waals surface area contributed by atoms with Gasteiger partial charge in [-0.1, -0.05) is 0 Å². The summed E-state index contributed by atoms with van der Waals surface area (Å²) in [5.74, 6) is -0.807. The fraction of sp³-hybridized carbons (Fsp3) is 0.476. The number of anilines is 1. The summed E-state index contributed by atoms with van der Waals surface area (Å²) in [7, 11) is -4.20. The molecule has 0 amide bonds. The zero-order valence-electron chi connectivity index (χ0n) is 18.2. The Morgan fingerprint density at radius 3 is 2.89 bits per heavy atom. The Kier molecular flexibility index (Phi) is 5.73. The number of ether oxygens (including phenoxy) is 1. The van der Waals surface area contributed by atoms with Gasteiger partial charge in [0.25, 0.3) is 5.56 Å². The highest BCUT2D eigenvalue weighted by atomic mass is 32.2. The van der Waals surface area contributed by atoms with Gasteiger partial charge in [-0.25, -0.2) is 8.42 Å². The van der Waals surface area contributed by atoms with Crippen LogP contribution in [0.25, 0.3) is 10.9 Å². The van der Waals surface area contributed by atoms with Crippen LogP contribution in [0.2, 0.25) is 0 Å². The molecule has 3 aliphatic rings. The molecule has 4 heterocycles. The van der Waals surface area contributed by atoms with Gasteiger partial charge < -0.3 is 15.0 Å². The smallest absolute Gasteiger partial charge is 0.379 e. The maximum Gasteiger partial charge on any atom is 0.402 e. The van der Waals surface area contributed by atoms with Crippen LogP contribution < -0.4 is 10.9 Å². The lowest BCUT2D eigenvalue weighted by molar-refractivity contribution is -0.135. The maximum atomic E-state index is 12.9. The summed E-state index contributed by atoms with van der Waals surface area (Å²) in [6.07, 6.45) is 0.262. The molecule has 186 valence electrons. The van der Waals surface area contributed by atoms with Crippen molar-refractivity contribution in [2.75, 3.05) is 31.6 Å². The number of nitrogens with zero attached hydrogens (tertiary/aromatic N) is 4. The van der Waals surface area contributed by atoms with E-state index in [0.29, 0.717) is 28.5 Å². The molecule has 3 unspecified atom stereocenters. The van der Waals surface area contributed by atoms with Crippen LogP contribution in [-0.4, -0.2) is 60.0 Å². The molecule has 0 aromatic carbocycles. The highest BCUT2D eigenvalue weighted by Gasteiger charge is 2.47. The largest absolute Gasteiger partial charge is 0.402 e. The van der Waals surface area contributed by atoms with Crippen LogP contribution >= 0.6 is 0 Å². The van der Waals surface area contributed by atoms with Crippen molar-refractivity contribution in [2.24, 2.45) is 11.8 Å². The van der Waals surface area contributed by atoms with Crippen LogP contribution in [-0.2, 0) is 14.8 Å². The molecule has 3 atom stereocenters. The van der Waals surface area contributed by atoms with Crippen LogP contribution in [0.1, 0.15) is 18.9 Å². The van der Waals surface area contributed by atoms with Crippen LogP contribution in [0.5, 0.6) is 0 Å². The molecule has 14 heteroatoms. The van der Waals surface area contributed by atoms with Crippen molar-refractivity contribution in [1.82, 2.24) is 19.1 Å². The second-order valence-electron chi connectivity index (χ2n) is 8.73. The van der Waals surface area contributed by atoms with E-state index in [0.717, 1.165) is 0 Å². The number of rotatable bonds is 4. The van der Waals surface area contributed by atoms with Crippen LogP contribution in [0.4, 0.5) is 19.0 Å². The molecular weight excluding hydrogens is 489 g/mol. The topological polar surface area (TPSA) is 133 Å². The number of sulfonamides is 1. The maximum absolute atomic E-state index is 12.9. The van der Waals surface area contributed by atoms with E-state index in [1.807, 2.05) is 0 Å². The Morgan fingerprint density at radius 2 is 2.14 bits per heavy atom. The lowest BCUT2D eigenvalue weighted by atomic mass is 9.96. The Morgan fingerprint density at radius 1 is 1.34 bits per heavy atom. The molecule has 0 radical (unpaired) electrons. The Bertz CT molecular complexity index is 1440. The van der Waals surface area contributed by atoms with Crippen molar-refractivity contribution < 1.29 is 26.3 Å². The first-order valence-electron chi connectivity index (χ1n) is 10.9. The fourth-order valence-electron chi connectivity index (χ4n) is 4.85. The summed E-state index contributed by atoms with van der Waals surface area (Å²) in [5, 5.41) is 17.4. The summed E-state index contributed by atoms with van der Waals surface area (Å²) >= 11 is 0. The fourth-order valence-corrected chi connectivity index (χ4v) is 6.66. The number of nitriles is 1. The number of H-pyrrole nitrogens is 1. The summed E-state index contributed by atoms with van der Waals surface area (Å²) in [5.41, 5.74) is 0.600. The molecule has 2 aliphatic heterocycles. The van der Waals surface area contributed by atoms with Gasteiger partial charge in [0.1, 0.15) is 11.9 Å². The number of halogens is 3. The Hall–Kier alpha value is -3.15. The molecule has 10 nitrogen and oxygen atoms in total. The van der Waals surface area contributed by atoms with E-state index in [1.165, 1.54) is 18.3 Å². The number of alkyl halides is 3. The van der Waals surface area contributed by atoms with Gasteiger partial charge in [0.05, 0.1) is 35.1 Å². The second kappa shape index (κ2) is 8.51. The van der Waals surface area contributed by atoms with Crippen molar-refractivity contribution in [3.8, 4) is 6.07 Å². The summed E-state index contributed by atoms with van der Waals surface area (Å²) in [6, 6.07) is 3.53. The zero-order chi connectivity index (χ0) is 25.0. The van der Waals surface area contributed by atoms with Crippen molar-refractivity contribution in [2.45, 2.75) is 25.1 Å². The molecule has 0 bridgehead atoms. The SMILES string of the molecule is N#CC1CCOCC1n1nc(NC2=CC=C3C(C2)CN(CC(F)(F)F)S3(=O)=O)c2c(=O)[nH]ccc21. The minimum Gasteiger partial charge on any atom is -0.379 e. The molecule has 5 rings (SSSR count). The van der Waals surface area contributed by atoms with Crippen molar-refractivity contribution in [1.29, 1.82) is 5.26 Å². The third-order valence-corrected chi connectivity index (χ3v) is 8.47. The number of allylic oxidation sites excluding steroid dienone is 3. The Balaban J connectivity index is 1.46. The highest BCUT2D eigenvalue weighted by Crippen LogP contribution is 2.40. The summed E-state index contributed by atoms with van der Waals surface area (Å²) in [6.45, 7) is -1.12. The van der Waals surface area contributed by atoms with Gasteiger partial charge in [0.15, 0.2) is 5.82 Å². The molecule has 0 saturated carbocycles. The summed E-state index contributed by atoms with van der Waals surface area (Å²) in [4.78, 5) is 15.2. The molecule has 2 aromatic heterocycles. The van der Waals surface area contributed by atoms with Gasteiger partial charge in [-0.05, 0) is 31.1 Å². The summed E-state index contributed by atoms with van der Waals surface area (Å²) < 4.78 is 71.2. The van der Waals surface area contributed by atoms with Gasteiger partial charge in [-0.2, -0.15) is 27.8 Å². The molecule has 0 spiro atoms. The lowest BCUT2D eigenvalue weighted by Crippen LogP contribution is -2.35. The van der Waals surface area contributed by atoms with E-state index < -0.39 is 40.3 Å². The van der Waals surface area contributed by atoms with E-state index in [2.05, 4.69) is 21.5 Å². The number of aromatic nitrogens is 3. The molecule has 2 saturated heterocycles. The highest BCUT2D eigenvalue weighted by molar-refractivity contribution is 7.93. The predicted octanol–water partition coefficient (Wildman–Crippen LogP) is 2.23. The number of pyridine rings is 1. The Labute approximate surface area is 197 Å². The van der Waals surface area contributed by atoms with E-state index in [1.54, 1.807) is 10.7 Å². The van der Waals surface area contributed by atoms with Gasteiger partial charge >= 0.3 is 6.18 Å². The molecule has 2 N–H and O–H groups in total. The molecule has 2 fully saturated rings. The minimum atomic E-state index is -4.65. The first kappa shape index (κ1) is 23.6. The standard InChI is InChI=1S/C21H21F3N6O4S/c22-21(23,24)11-29-9-13-7-14(1-2-17(13)35(29,32)33)27-19-18-15(3-5-26-20(18)31)30(28-19)16-10-34-6-4-12(16)8-25/h1-3,5,12-13,16H,4,6-7,9-11H2,(H,26,31)(H,27,28). The number of nitrogens with one attached hydrogen (secondary N) is 2. The average Bonchev–Trinajstić information content (AvgIpc) is 3.28. The number of aromatic amines is 1. The first-order chi connectivity index (χ1) is 16.6. The predicted molar refractivity (Wildman–Crippen MR) is 118 cm³/mol. The van der Waals surface area contributed by atoms with E-state index in [9.17, 15) is 31.6 Å². The lowest BCUT2D eigenvalue weighted by Gasteiger charge is -2.27. The van der Waals surface area contributed by atoms with Crippen LogP contribution in [0.15, 0.2) is 39.8 Å². The third kappa shape index (κ3) is 4.24. The van der Waals surface area contributed by atoms with Gasteiger partial charge in [-0.3, -0.25) is 9.48 Å². The molecule has 1 aliphatic carbocycles.